The van der Waals surface area contributed by atoms with Gasteiger partial charge < -0.3 is 15.3 Å². The molecule has 1 aliphatic rings. The molecule has 1 aromatic heterocycles. The Labute approximate surface area is 117 Å². The molecule has 1 atom stereocenters. The predicted octanol–water partition coefficient (Wildman–Crippen LogP) is 2.19. The molecule has 0 aliphatic carbocycles. The highest BCUT2D eigenvalue weighted by Crippen LogP contribution is 2.20. The third kappa shape index (κ3) is 3.58. The number of halogens is 1. The molecule has 1 aromatic rings. The molecule has 0 bridgehead atoms. The first kappa shape index (κ1) is 14.1. The highest BCUT2D eigenvalue weighted by molar-refractivity contribution is 6.33. The minimum Gasteiger partial charge on any atom is -0.478 e. The van der Waals surface area contributed by atoms with Crippen molar-refractivity contribution < 1.29 is 9.90 Å². The Morgan fingerprint density at radius 1 is 1.68 bits per heavy atom. The number of carboxylic acids is 1. The molecule has 1 aliphatic heterocycles. The van der Waals surface area contributed by atoms with E-state index in [1.165, 1.54) is 18.7 Å². The Morgan fingerprint density at radius 2 is 2.47 bits per heavy atom. The predicted molar refractivity (Wildman–Crippen MR) is 74.9 cm³/mol. The van der Waals surface area contributed by atoms with Crippen LogP contribution >= 0.6 is 11.6 Å². The van der Waals surface area contributed by atoms with Gasteiger partial charge in [-0.05, 0) is 31.5 Å². The molecule has 1 fully saturated rings. The summed E-state index contributed by atoms with van der Waals surface area (Å²) in [4.78, 5) is 17.5. The van der Waals surface area contributed by atoms with E-state index >= 15 is 0 Å². The van der Waals surface area contributed by atoms with Crippen LogP contribution in [-0.4, -0.2) is 47.1 Å². The SMILES string of the molecule is CCN1CCC(CNc2cc(C(=O)O)c(Cl)cn2)C1. The molecule has 1 unspecified atom stereocenters. The van der Waals surface area contributed by atoms with Crippen molar-refractivity contribution in [3.8, 4) is 0 Å². The minimum absolute atomic E-state index is 0.0840. The maximum atomic E-state index is 11.0. The zero-order valence-corrected chi connectivity index (χ0v) is 11.7. The molecule has 19 heavy (non-hydrogen) atoms. The van der Waals surface area contributed by atoms with Gasteiger partial charge in [-0.3, -0.25) is 0 Å². The molecular formula is C13H18ClN3O2. The summed E-state index contributed by atoms with van der Waals surface area (Å²) in [5.74, 6) is 0.121. The number of anilines is 1. The number of hydrogen-bond acceptors (Lipinski definition) is 4. The summed E-state index contributed by atoms with van der Waals surface area (Å²) in [5, 5.41) is 12.3. The first-order chi connectivity index (χ1) is 9.10. The van der Waals surface area contributed by atoms with Crippen LogP contribution in [0.1, 0.15) is 23.7 Å². The van der Waals surface area contributed by atoms with Crippen LogP contribution in [0.15, 0.2) is 12.3 Å². The molecule has 0 saturated carbocycles. The van der Waals surface area contributed by atoms with Crippen LogP contribution < -0.4 is 5.32 Å². The fraction of sp³-hybridized carbons (Fsp3) is 0.538. The van der Waals surface area contributed by atoms with E-state index in [2.05, 4.69) is 22.1 Å². The van der Waals surface area contributed by atoms with Crippen LogP contribution in [0.5, 0.6) is 0 Å². The third-order valence-electron chi connectivity index (χ3n) is 3.47. The number of pyridine rings is 1. The van der Waals surface area contributed by atoms with Crippen molar-refractivity contribution in [3.63, 3.8) is 0 Å². The van der Waals surface area contributed by atoms with Crippen molar-refractivity contribution in [2.75, 3.05) is 31.5 Å². The fourth-order valence-electron chi connectivity index (χ4n) is 2.31. The standard InChI is InChI=1S/C13H18ClN3O2/c1-2-17-4-3-9(8-17)6-15-12-5-10(13(18)19)11(14)7-16-12/h5,7,9H,2-4,6,8H2,1H3,(H,15,16)(H,18,19). The van der Waals surface area contributed by atoms with Crippen LogP contribution in [0.4, 0.5) is 5.82 Å². The Hall–Kier alpha value is -1.33. The lowest BCUT2D eigenvalue weighted by Crippen LogP contribution is -2.22. The molecule has 6 heteroatoms. The number of carboxylic acid groups (broad SMARTS) is 1. The van der Waals surface area contributed by atoms with E-state index in [-0.39, 0.29) is 10.6 Å². The number of nitrogens with one attached hydrogen (secondary N) is 1. The van der Waals surface area contributed by atoms with Gasteiger partial charge in [0, 0.05) is 19.3 Å². The topological polar surface area (TPSA) is 65.5 Å². The lowest BCUT2D eigenvalue weighted by molar-refractivity contribution is 0.0697. The quantitative estimate of drug-likeness (QED) is 0.867. The monoisotopic (exact) mass is 283 g/mol. The summed E-state index contributed by atoms with van der Waals surface area (Å²) in [5.41, 5.74) is 0.0840. The van der Waals surface area contributed by atoms with Crippen molar-refractivity contribution in [2.45, 2.75) is 13.3 Å². The maximum absolute atomic E-state index is 11.0. The Balaban J connectivity index is 1.93. The zero-order valence-electron chi connectivity index (χ0n) is 10.9. The molecule has 104 valence electrons. The van der Waals surface area contributed by atoms with E-state index in [0.29, 0.717) is 11.7 Å². The number of likely N-dealkylation sites (tertiary alicyclic amines) is 1. The number of rotatable bonds is 5. The molecule has 0 aromatic carbocycles. The summed E-state index contributed by atoms with van der Waals surface area (Å²) in [7, 11) is 0. The van der Waals surface area contributed by atoms with Gasteiger partial charge in [0.15, 0.2) is 0 Å². The molecule has 1 saturated heterocycles. The van der Waals surface area contributed by atoms with Crippen molar-refractivity contribution >= 4 is 23.4 Å². The van der Waals surface area contributed by atoms with Crippen LogP contribution in [0, 0.1) is 5.92 Å². The van der Waals surface area contributed by atoms with E-state index in [0.717, 1.165) is 26.2 Å². The van der Waals surface area contributed by atoms with E-state index in [1.807, 2.05) is 0 Å². The van der Waals surface area contributed by atoms with Crippen LogP contribution in [0.25, 0.3) is 0 Å². The minimum atomic E-state index is -1.03. The van der Waals surface area contributed by atoms with Gasteiger partial charge in [-0.15, -0.1) is 0 Å². The molecule has 2 heterocycles. The highest BCUT2D eigenvalue weighted by Gasteiger charge is 2.21. The Bertz CT molecular complexity index is 467. The van der Waals surface area contributed by atoms with Crippen molar-refractivity contribution in [3.05, 3.63) is 22.8 Å². The van der Waals surface area contributed by atoms with Crippen LogP contribution in [0.2, 0.25) is 5.02 Å². The van der Waals surface area contributed by atoms with Gasteiger partial charge in [0.2, 0.25) is 0 Å². The summed E-state index contributed by atoms with van der Waals surface area (Å²) >= 11 is 5.78. The van der Waals surface area contributed by atoms with Crippen molar-refractivity contribution in [1.29, 1.82) is 0 Å². The molecule has 0 amide bonds. The summed E-state index contributed by atoms with van der Waals surface area (Å²) in [6.07, 6.45) is 2.54. The van der Waals surface area contributed by atoms with Crippen LogP contribution in [0.3, 0.4) is 0 Å². The zero-order chi connectivity index (χ0) is 13.8. The molecule has 0 radical (unpaired) electrons. The van der Waals surface area contributed by atoms with E-state index in [4.69, 9.17) is 16.7 Å². The number of carbonyl (C=O) groups is 1. The van der Waals surface area contributed by atoms with E-state index in [9.17, 15) is 4.79 Å². The van der Waals surface area contributed by atoms with Gasteiger partial charge in [0.05, 0.1) is 10.6 Å². The summed E-state index contributed by atoms with van der Waals surface area (Å²) in [6, 6.07) is 1.48. The third-order valence-corrected chi connectivity index (χ3v) is 3.78. The van der Waals surface area contributed by atoms with E-state index in [1.54, 1.807) is 0 Å². The largest absolute Gasteiger partial charge is 0.478 e. The summed E-state index contributed by atoms with van der Waals surface area (Å²) < 4.78 is 0. The maximum Gasteiger partial charge on any atom is 0.337 e. The van der Waals surface area contributed by atoms with Gasteiger partial charge in [-0.2, -0.15) is 0 Å². The van der Waals surface area contributed by atoms with Gasteiger partial charge in [0.1, 0.15) is 5.82 Å². The first-order valence-electron chi connectivity index (χ1n) is 6.45. The normalized spacial score (nSPS) is 19.6. The summed E-state index contributed by atoms with van der Waals surface area (Å²) in [6.45, 7) is 6.28. The average molecular weight is 284 g/mol. The molecule has 2 N–H and O–H groups in total. The number of aromatic nitrogens is 1. The van der Waals surface area contributed by atoms with Crippen molar-refractivity contribution in [1.82, 2.24) is 9.88 Å². The molecule has 5 nitrogen and oxygen atoms in total. The highest BCUT2D eigenvalue weighted by atomic mass is 35.5. The lowest BCUT2D eigenvalue weighted by Gasteiger charge is -2.14. The second-order valence-corrected chi connectivity index (χ2v) is 5.19. The molecule has 0 spiro atoms. The van der Waals surface area contributed by atoms with Crippen LogP contribution in [-0.2, 0) is 0 Å². The Kier molecular flexibility index (Phi) is 4.61. The first-order valence-corrected chi connectivity index (χ1v) is 6.83. The van der Waals surface area contributed by atoms with Gasteiger partial charge >= 0.3 is 5.97 Å². The number of aromatic carboxylic acids is 1. The fourth-order valence-corrected chi connectivity index (χ4v) is 2.50. The molecular weight excluding hydrogens is 266 g/mol. The second kappa shape index (κ2) is 6.21. The number of nitrogens with zero attached hydrogens (tertiary/aromatic N) is 2. The number of hydrogen-bond donors (Lipinski definition) is 2. The lowest BCUT2D eigenvalue weighted by atomic mass is 10.1. The average Bonchev–Trinajstić information content (AvgIpc) is 2.85. The van der Waals surface area contributed by atoms with Gasteiger partial charge in [-0.1, -0.05) is 18.5 Å². The smallest absolute Gasteiger partial charge is 0.337 e. The Morgan fingerprint density at radius 3 is 3.11 bits per heavy atom. The van der Waals surface area contributed by atoms with E-state index < -0.39 is 5.97 Å². The second-order valence-electron chi connectivity index (χ2n) is 4.78. The molecule has 2 rings (SSSR count). The van der Waals surface area contributed by atoms with Gasteiger partial charge in [-0.25, -0.2) is 9.78 Å². The van der Waals surface area contributed by atoms with Gasteiger partial charge in [0.25, 0.3) is 0 Å². The van der Waals surface area contributed by atoms with Crippen molar-refractivity contribution in [2.24, 2.45) is 5.92 Å².